The fourth-order valence-corrected chi connectivity index (χ4v) is 2.91. The van der Waals surface area contributed by atoms with Crippen LogP contribution < -0.4 is 5.73 Å². The maximum Gasteiger partial charge on any atom is 0.320 e. The first kappa shape index (κ1) is 14.1. The molecule has 1 aliphatic carbocycles. The summed E-state index contributed by atoms with van der Waals surface area (Å²) in [4.78, 5) is 10.8. The second-order valence-corrected chi connectivity index (χ2v) is 5.85. The zero-order chi connectivity index (χ0) is 13.8. The highest BCUT2D eigenvalue weighted by Gasteiger charge is 2.20. The van der Waals surface area contributed by atoms with Gasteiger partial charge in [-0.05, 0) is 42.2 Å². The summed E-state index contributed by atoms with van der Waals surface area (Å²) in [7, 11) is 0. The third-order valence-corrected chi connectivity index (χ3v) is 4.21. The Kier molecular flexibility index (Phi) is 4.59. The zero-order valence-electron chi connectivity index (χ0n) is 11.5. The van der Waals surface area contributed by atoms with Crippen molar-refractivity contribution in [2.24, 2.45) is 11.7 Å². The second-order valence-electron chi connectivity index (χ2n) is 5.85. The Hall–Kier alpha value is -1.35. The van der Waals surface area contributed by atoms with Gasteiger partial charge >= 0.3 is 5.97 Å². The first-order valence-electron chi connectivity index (χ1n) is 7.13. The summed E-state index contributed by atoms with van der Waals surface area (Å²) in [5.41, 5.74) is 7.98. The number of carboxylic acids is 1. The molecule has 2 rings (SSSR count). The molecule has 0 heterocycles. The Morgan fingerprint density at radius 2 is 2.05 bits per heavy atom. The van der Waals surface area contributed by atoms with Gasteiger partial charge in [0.05, 0.1) is 0 Å². The van der Waals surface area contributed by atoms with E-state index in [0.29, 0.717) is 12.3 Å². The average Bonchev–Trinajstić information content (AvgIpc) is 2.39. The van der Waals surface area contributed by atoms with E-state index in [-0.39, 0.29) is 0 Å². The Bertz CT molecular complexity index is 436. The van der Waals surface area contributed by atoms with Crippen LogP contribution in [0.25, 0.3) is 0 Å². The molecule has 1 aromatic carbocycles. The summed E-state index contributed by atoms with van der Waals surface area (Å²) in [5, 5.41) is 8.87. The van der Waals surface area contributed by atoms with E-state index in [1.165, 1.54) is 31.2 Å². The van der Waals surface area contributed by atoms with E-state index in [1.54, 1.807) is 0 Å². The molecule has 1 saturated carbocycles. The largest absolute Gasteiger partial charge is 0.480 e. The molecule has 0 spiro atoms. The lowest BCUT2D eigenvalue weighted by Gasteiger charge is -2.26. The molecule has 0 aromatic heterocycles. The van der Waals surface area contributed by atoms with Gasteiger partial charge in [-0.25, -0.2) is 0 Å². The van der Waals surface area contributed by atoms with Crippen LogP contribution in [0.15, 0.2) is 24.3 Å². The third kappa shape index (κ3) is 3.80. The average molecular weight is 261 g/mol. The smallest absolute Gasteiger partial charge is 0.320 e. The minimum absolute atomic E-state index is 0.409. The number of aliphatic carboxylic acids is 1. The Balaban J connectivity index is 2.04. The lowest BCUT2D eigenvalue weighted by Crippen LogP contribution is -2.32. The van der Waals surface area contributed by atoms with Crippen molar-refractivity contribution in [2.75, 3.05) is 0 Å². The van der Waals surface area contributed by atoms with Crippen LogP contribution in [0.4, 0.5) is 0 Å². The molecule has 104 valence electrons. The van der Waals surface area contributed by atoms with Crippen molar-refractivity contribution in [3.63, 3.8) is 0 Å². The van der Waals surface area contributed by atoms with Gasteiger partial charge in [0.2, 0.25) is 0 Å². The van der Waals surface area contributed by atoms with Crippen molar-refractivity contribution in [3.05, 3.63) is 35.4 Å². The minimum atomic E-state index is -0.933. The van der Waals surface area contributed by atoms with Crippen molar-refractivity contribution in [2.45, 2.75) is 51.0 Å². The highest BCUT2D eigenvalue weighted by molar-refractivity contribution is 5.73. The van der Waals surface area contributed by atoms with E-state index in [4.69, 9.17) is 10.8 Å². The van der Waals surface area contributed by atoms with Gasteiger partial charge < -0.3 is 10.8 Å². The SMILES string of the molecule is CC1CCC(c2cccc(CC(N)C(=O)O)c2)CC1. The van der Waals surface area contributed by atoms with E-state index in [9.17, 15) is 4.79 Å². The van der Waals surface area contributed by atoms with E-state index in [1.807, 2.05) is 12.1 Å². The quantitative estimate of drug-likeness (QED) is 0.876. The molecule has 0 bridgehead atoms. The van der Waals surface area contributed by atoms with E-state index >= 15 is 0 Å². The second kappa shape index (κ2) is 6.20. The van der Waals surface area contributed by atoms with Crippen LogP contribution in [0.1, 0.15) is 49.7 Å². The number of benzene rings is 1. The van der Waals surface area contributed by atoms with Crippen molar-refractivity contribution in [1.82, 2.24) is 0 Å². The molecule has 1 aliphatic rings. The third-order valence-electron chi connectivity index (χ3n) is 4.21. The molecule has 3 heteroatoms. The molecule has 3 N–H and O–H groups in total. The number of rotatable bonds is 4. The maximum atomic E-state index is 10.8. The van der Waals surface area contributed by atoms with Gasteiger partial charge in [-0.2, -0.15) is 0 Å². The molecule has 0 radical (unpaired) electrons. The van der Waals surface area contributed by atoms with Crippen molar-refractivity contribution >= 4 is 5.97 Å². The van der Waals surface area contributed by atoms with Crippen molar-refractivity contribution in [3.8, 4) is 0 Å². The summed E-state index contributed by atoms with van der Waals surface area (Å²) in [5.74, 6) is 0.550. The first-order chi connectivity index (χ1) is 9.06. The molecular weight excluding hydrogens is 238 g/mol. The predicted octanol–water partition coefficient (Wildman–Crippen LogP) is 2.93. The minimum Gasteiger partial charge on any atom is -0.480 e. The predicted molar refractivity (Wildman–Crippen MR) is 76.1 cm³/mol. The van der Waals surface area contributed by atoms with E-state index in [2.05, 4.69) is 19.1 Å². The number of carboxylic acid groups (broad SMARTS) is 1. The van der Waals surface area contributed by atoms with Gasteiger partial charge in [0.1, 0.15) is 6.04 Å². The molecule has 1 atom stereocenters. The van der Waals surface area contributed by atoms with Gasteiger partial charge in [-0.15, -0.1) is 0 Å². The highest BCUT2D eigenvalue weighted by Crippen LogP contribution is 2.35. The van der Waals surface area contributed by atoms with Gasteiger partial charge in [0, 0.05) is 0 Å². The summed E-state index contributed by atoms with van der Waals surface area (Å²) in [6.07, 6.45) is 5.49. The molecule has 0 aliphatic heterocycles. The normalized spacial score (nSPS) is 24.9. The number of nitrogens with two attached hydrogens (primary N) is 1. The van der Waals surface area contributed by atoms with E-state index < -0.39 is 12.0 Å². The molecule has 1 aromatic rings. The van der Waals surface area contributed by atoms with Crippen LogP contribution >= 0.6 is 0 Å². The lowest BCUT2D eigenvalue weighted by molar-refractivity contribution is -0.138. The van der Waals surface area contributed by atoms with Crippen molar-refractivity contribution in [1.29, 1.82) is 0 Å². The van der Waals surface area contributed by atoms with Gasteiger partial charge in [-0.3, -0.25) is 4.79 Å². The van der Waals surface area contributed by atoms with Gasteiger partial charge in [0.15, 0.2) is 0 Å². The number of carbonyl (C=O) groups is 1. The van der Waals surface area contributed by atoms with Crippen LogP contribution in [-0.4, -0.2) is 17.1 Å². The van der Waals surface area contributed by atoms with Gasteiger partial charge in [-0.1, -0.05) is 44.0 Å². The summed E-state index contributed by atoms with van der Waals surface area (Å²) in [6.45, 7) is 2.32. The molecule has 1 unspecified atom stereocenters. The lowest BCUT2D eigenvalue weighted by atomic mass is 9.79. The topological polar surface area (TPSA) is 63.3 Å². The molecule has 3 nitrogen and oxygen atoms in total. The highest BCUT2D eigenvalue weighted by atomic mass is 16.4. The molecule has 19 heavy (non-hydrogen) atoms. The Labute approximate surface area is 114 Å². The van der Waals surface area contributed by atoms with Crippen molar-refractivity contribution < 1.29 is 9.90 Å². The van der Waals surface area contributed by atoms with Crippen LogP contribution in [0.3, 0.4) is 0 Å². The van der Waals surface area contributed by atoms with Crippen LogP contribution in [-0.2, 0) is 11.2 Å². The van der Waals surface area contributed by atoms with Crippen LogP contribution in [0.5, 0.6) is 0 Å². The summed E-state index contributed by atoms with van der Waals surface area (Å²) in [6, 6.07) is 7.50. The fourth-order valence-electron chi connectivity index (χ4n) is 2.91. The maximum absolute atomic E-state index is 10.8. The zero-order valence-corrected chi connectivity index (χ0v) is 11.5. The standard InChI is InChI=1S/C16H23NO2/c1-11-5-7-13(8-6-11)14-4-2-3-12(9-14)10-15(17)16(18)19/h2-4,9,11,13,15H,5-8,10,17H2,1H3,(H,18,19). The molecule has 0 saturated heterocycles. The fraction of sp³-hybridized carbons (Fsp3) is 0.562. The van der Waals surface area contributed by atoms with Crippen LogP contribution in [0.2, 0.25) is 0 Å². The molecular formula is C16H23NO2. The summed E-state index contributed by atoms with van der Waals surface area (Å²) >= 11 is 0. The Morgan fingerprint density at radius 3 is 2.68 bits per heavy atom. The first-order valence-corrected chi connectivity index (χ1v) is 7.13. The van der Waals surface area contributed by atoms with Crippen LogP contribution in [0, 0.1) is 5.92 Å². The molecule has 1 fully saturated rings. The van der Waals surface area contributed by atoms with E-state index in [0.717, 1.165) is 11.5 Å². The summed E-state index contributed by atoms with van der Waals surface area (Å²) < 4.78 is 0. The molecule has 0 amide bonds. The monoisotopic (exact) mass is 261 g/mol. The number of hydrogen-bond acceptors (Lipinski definition) is 2. The van der Waals surface area contributed by atoms with Gasteiger partial charge in [0.25, 0.3) is 0 Å². The Morgan fingerprint density at radius 1 is 1.37 bits per heavy atom. The number of hydrogen-bond donors (Lipinski definition) is 2.